The van der Waals surface area contributed by atoms with Gasteiger partial charge in [-0.1, -0.05) is 41.9 Å². The Morgan fingerprint density at radius 3 is 2.34 bits per heavy atom. The average molecular weight is 478 g/mol. The highest BCUT2D eigenvalue weighted by Crippen LogP contribution is 2.40. The minimum Gasteiger partial charge on any atom is -0.493 e. The van der Waals surface area contributed by atoms with Crippen LogP contribution in [0.4, 0.5) is 18.9 Å². The molecule has 0 fully saturated rings. The van der Waals surface area contributed by atoms with Crippen molar-refractivity contribution in [1.29, 1.82) is 0 Å². The quantitative estimate of drug-likeness (QED) is 0.321. The van der Waals surface area contributed by atoms with Crippen LogP contribution < -0.4 is 14.8 Å². The summed E-state index contributed by atoms with van der Waals surface area (Å²) in [5.41, 5.74) is -1.08. The molecule has 4 rings (SSSR count). The Labute approximate surface area is 190 Å². The second-order valence-corrected chi connectivity index (χ2v) is 8.09. The molecular weight excluding hydrogens is 463 g/mol. The maximum Gasteiger partial charge on any atom is 0.416 e. The van der Waals surface area contributed by atoms with E-state index in [9.17, 15) is 18.0 Å². The number of anilines is 1. The molecule has 0 atom stereocenters. The Morgan fingerprint density at radius 2 is 1.66 bits per heavy atom. The fourth-order valence-corrected chi connectivity index (χ4v) is 4.47. The van der Waals surface area contributed by atoms with E-state index in [2.05, 4.69) is 5.32 Å². The predicted octanol–water partition coefficient (Wildman–Crippen LogP) is 7.63. The highest BCUT2D eigenvalue weighted by atomic mass is 35.5. The third-order valence-electron chi connectivity index (χ3n) is 4.59. The first-order valence-corrected chi connectivity index (χ1v) is 10.5. The maximum absolute atomic E-state index is 13.3. The van der Waals surface area contributed by atoms with E-state index in [0.29, 0.717) is 11.1 Å². The number of thiophene rings is 1. The van der Waals surface area contributed by atoms with Crippen molar-refractivity contribution >= 4 is 44.6 Å². The van der Waals surface area contributed by atoms with Crippen LogP contribution in [0.25, 0.3) is 10.1 Å². The number of carbonyl (C=O) groups is 1. The van der Waals surface area contributed by atoms with Crippen LogP contribution in [0.5, 0.6) is 17.2 Å². The highest BCUT2D eigenvalue weighted by Gasteiger charge is 2.32. The molecule has 0 saturated carbocycles. The number of methoxy groups -OCH3 is 1. The molecule has 0 spiro atoms. The molecule has 1 N–H and O–H groups in total. The maximum atomic E-state index is 13.3. The molecule has 9 heteroatoms. The first-order chi connectivity index (χ1) is 15.3. The SMILES string of the molecule is COc1ccccc1Oc1ccc(C(F)(F)F)cc1NC(=O)c1sc2ccccc2c1Cl. The molecule has 3 aromatic carbocycles. The summed E-state index contributed by atoms with van der Waals surface area (Å²) < 4.78 is 51.8. The molecule has 1 heterocycles. The van der Waals surface area contributed by atoms with Crippen molar-refractivity contribution in [3.63, 3.8) is 0 Å². The number of nitrogens with one attached hydrogen (secondary N) is 1. The van der Waals surface area contributed by atoms with Crippen LogP contribution >= 0.6 is 22.9 Å². The van der Waals surface area contributed by atoms with Crippen LogP contribution in [0.3, 0.4) is 0 Å². The minimum absolute atomic E-state index is 0.0214. The third kappa shape index (κ3) is 4.37. The lowest BCUT2D eigenvalue weighted by molar-refractivity contribution is -0.137. The smallest absolute Gasteiger partial charge is 0.416 e. The topological polar surface area (TPSA) is 47.6 Å². The van der Waals surface area contributed by atoms with Gasteiger partial charge in [-0.25, -0.2) is 0 Å². The van der Waals surface area contributed by atoms with Gasteiger partial charge in [-0.3, -0.25) is 4.79 Å². The molecule has 0 radical (unpaired) electrons. The number of halogens is 4. The van der Waals surface area contributed by atoms with E-state index in [4.69, 9.17) is 21.1 Å². The molecule has 0 aliphatic rings. The lowest BCUT2D eigenvalue weighted by Gasteiger charge is -2.16. The van der Waals surface area contributed by atoms with Crippen LogP contribution in [0.15, 0.2) is 66.7 Å². The van der Waals surface area contributed by atoms with Gasteiger partial charge < -0.3 is 14.8 Å². The van der Waals surface area contributed by atoms with E-state index in [1.807, 2.05) is 12.1 Å². The number of carbonyl (C=O) groups excluding carboxylic acids is 1. The lowest BCUT2D eigenvalue weighted by Crippen LogP contribution is -2.13. The summed E-state index contributed by atoms with van der Waals surface area (Å²) in [4.78, 5) is 13.1. The van der Waals surface area contributed by atoms with Crippen LogP contribution in [0.1, 0.15) is 15.2 Å². The summed E-state index contributed by atoms with van der Waals surface area (Å²) in [5, 5.41) is 3.45. The molecule has 0 saturated heterocycles. The van der Waals surface area contributed by atoms with Crippen molar-refractivity contribution < 1.29 is 27.4 Å². The monoisotopic (exact) mass is 477 g/mol. The molecule has 0 aliphatic carbocycles. The van der Waals surface area contributed by atoms with E-state index in [1.54, 1.807) is 36.4 Å². The van der Waals surface area contributed by atoms with E-state index in [0.717, 1.165) is 34.2 Å². The minimum atomic E-state index is -4.60. The van der Waals surface area contributed by atoms with Crippen molar-refractivity contribution in [2.75, 3.05) is 12.4 Å². The summed E-state index contributed by atoms with van der Waals surface area (Å²) in [6.45, 7) is 0. The van der Waals surface area contributed by atoms with Crippen LogP contribution in [0.2, 0.25) is 5.02 Å². The standard InChI is InChI=1S/C23H15ClF3NO3S/c1-30-17-7-3-4-8-18(17)31-16-11-10-13(23(25,26)27)12-15(16)28-22(29)21-20(24)14-6-2-5-9-19(14)32-21/h2-12H,1H3,(H,28,29). The molecule has 32 heavy (non-hydrogen) atoms. The third-order valence-corrected chi connectivity index (χ3v) is 6.26. The van der Waals surface area contributed by atoms with Crippen molar-refractivity contribution in [3.05, 3.63) is 82.2 Å². The van der Waals surface area contributed by atoms with Crippen molar-refractivity contribution in [3.8, 4) is 17.2 Å². The fourth-order valence-electron chi connectivity index (χ4n) is 3.05. The Morgan fingerprint density at radius 1 is 0.969 bits per heavy atom. The van der Waals surface area contributed by atoms with Crippen molar-refractivity contribution in [1.82, 2.24) is 0 Å². The van der Waals surface area contributed by atoms with Gasteiger partial charge in [0.05, 0.1) is 23.4 Å². The fraction of sp³-hybridized carbons (Fsp3) is 0.0870. The number of benzene rings is 3. The van der Waals surface area contributed by atoms with Crippen LogP contribution in [-0.4, -0.2) is 13.0 Å². The number of rotatable bonds is 5. The Bertz CT molecular complexity index is 1300. The highest BCUT2D eigenvalue weighted by molar-refractivity contribution is 7.21. The molecule has 1 aromatic heterocycles. The number of hydrogen-bond acceptors (Lipinski definition) is 4. The van der Waals surface area contributed by atoms with Gasteiger partial charge in [0.25, 0.3) is 5.91 Å². The van der Waals surface area contributed by atoms with Crippen LogP contribution in [-0.2, 0) is 6.18 Å². The number of para-hydroxylation sites is 2. The average Bonchev–Trinajstić information content (AvgIpc) is 3.11. The predicted molar refractivity (Wildman–Crippen MR) is 119 cm³/mol. The van der Waals surface area contributed by atoms with Gasteiger partial charge in [-0.2, -0.15) is 13.2 Å². The van der Waals surface area contributed by atoms with E-state index in [-0.39, 0.29) is 27.1 Å². The van der Waals surface area contributed by atoms with E-state index in [1.165, 1.54) is 7.11 Å². The summed E-state index contributed by atoms with van der Waals surface area (Å²) in [7, 11) is 1.45. The van der Waals surface area contributed by atoms with Gasteiger partial charge in [0, 0.05) is 10.1 Å². The molecular formula is C23H15ClF3NO3S. The normalized spacial score (nSPS) is 11.4. The summed E-state index contributed by atoms with van der Waals surface area (Å²) in [6.07, 6.45) is -4.60. The summed E-state index contributed by atoms with van der Waals surface area (Å²) in [5.74, 6) is 0.0517. The van der Waals surface area contributed by atoms with E-state index < -0.39 is 17.6 Å². The number of alkyl halides is 3. The van der Waals surface area contributed by atoms with Crippen molar-refractivity contribution in [2.45, 2.75) is 6.18 Å². The number of fused-ring (bicyclic) bond motifs is 1. The Balaban J connectivity index is 1.73. The molecule has 0 bridgehead atoms. The Hall–Kier alpha value is -3.23. The van der Waals surface area contributed by atoms with E-state index >= 15 is 0 Å². The zero-order valence-corrected chi connectivity index (χ0v) is 18.1. The zero-order chi connectivity index (χ0) is 22.9. The number of ether oxygens (including phenoxy) is 2. The second kappa shape index (κ2) is 8.72. The van der Waals surface area contributed by atoms with Crippen LogP contribution in [0, 0.1) is 0 Å². The molecule has 0 aliphatic heterocycles. The lowest BCUT2D eigenvalue weighted by atomic mass is 10.1. The van der Waals surface area contributed by atoms with Gasteiger partial charge in [-0.05, 0) is 36.4 Å². The first-order valence-electron chi connectivity index (χ1n) is 9.28. The van der Waals surface area contributed by atoms with Crippen molar-refractivity contribution in [2.24, 2.45) is 0 Å². The van der Waals surface area contributed by atoms with Gasteiger partial charge in [0.1, 0.15) is 4.88 Å². The summed E-state index contributed by atoms with van der Waals surface area (Å²) >= 11 is 7.50. The molecule has 1 amide bonds. The second-order valence-electron chi connectivity index (χ2n) is 6.66. The van der Waals surface area contributed by atoms with Gasteiger partial charge in [0.15, 0.2) is 17.2 Å². The van der Waals surface area contributed by atoms with Gasteiger partial charge in [0.2, 0.25) is 0 Å². The number of amides is 1. The molecule has 4 nitrogen and oxygen atoms in total. The number of hydrogen-bond donors (Lipinski definition) is 1. The molecule has 164 valence electrons. The Kier molecular flexibility index (Phi) is 5.99. The van der Waals surface area contributed by atoms with Gasteiger partial charge >= 0.3 is 6.18 Å². The summed E-state index contributed by atoms with van der Waals surface area (Å²) in [6, 6.07) is 16.7. The zero-order valence-electron chi connectivity index (χ0n) is 16.5. The first kappa shape index (κ1) is 22.0. The van der Waals surface area contributed by atoms with Gasteiger partial charge in [-0.15, -0.1) is 11.3 Å². The molecule has 0 unspecified atom stereocenters. The molecule has 4 aromatic rings. The largest absolute Gasteiger partial charge is 0.493 e.